The van der Waals surface area contributed by atoms with Crippen molar-refractivity contribution in [1.29, 1.82) is 0 Å². The monoisotopic (exact) mass is 351 g/mol. The van der Waals surface area contributed by atoms with Crippen LogP contribution in [0.4, 0.5) is 0 Å². The van der Waals surface area contributed by atoms with Gasteiger partial charge in [0.05, 0.1) is 17.2 Å². The number of nitrogens with zero attached hydrogens (tertiary/aromatic N) is 5. The summed E-state index contributed by atoms with van der Waals surface area (Å²) in [5, 5.41) is 4.79. The zero-order chi connectivity index (χ0) is 17.9. The Balaban J connectivity index is 1.38. The average Bonchev–Trinajstić information content (AvgIpc) is 3.18. The molecule has 0 spiro atoms. The number of likely N-dealkylation sites (tertiary alicyclic amines) is 1. The number of hydrogen-bond donors (Lipinski definition) is 0. The van der Waals surface area contributed by atoms with E-state index in [9.17, 15) is 9.59 Å². The minimum atomic E-state index is -0.169. The fourth-order valence-corrected chi connectivity index (χ4v) is 3.50. The lowest BCUT2D eigenvalue weighted by atomic mass is 9.97. The van der Waals surface area contributed by atoms with E-state index < -0.39 is 0 Å². The standard InChI is InChI=1S/C19H21N5O2/c25-18(13-23-14-20-17-5-2-1-4-16(17)19(23)26)22-10-6-15(7-11-22)12-24-9-3-8-21-24/h1-5,8-9,14-15H,6-7,10-13H2. The predicted octanol–water partition coefficient (Wildman–Crippen LogP) is 1.53. The number of carbonyl (C=O) groups is 1. The van der Waals surface area contributed by atoms with Gasteiger partial charge < -0.3 is 4.90 Å². The fourth-order valence-electron chi connectivity index (χ4n) is 3.50. The van der Waals surface area contributed by atoms with Crippen LogP contribution >= 0.6 is 0 Å². The maximum absolute atomic E-state index is 12.6. The van der Waals surface area contributed by atoms with Gasteiger partial charge in [0, 0.05) is 32.0 Å². The normalized spacial score (nSPS) is 15.5. The van der Waals surface area contributed by atoms with Gasteiger partial charge in [0.1, 0.15) is 6.54 Å². The molecule has 4 rings (SSSR count). The molecule has 1 saturated heterocycles. The summed E-state index contributed by atoms with van der Waals surface area (Å²) in [6.45, 7) is 2.38. The summed E-state index contributed by atoms with van der Waals surface area (Å²) in [4.78, 5) is 31.2. The van der Waals surface area contributed by atoms with Crippen LogP contribution < -0.4 is 5.56 Å². The second kappa shape index (κ2) is 7.11. The highest BCUT2D eigenvalue weighted by molar-refractivity contribution is 5.79. The first-order valence-electron chi connectivity index (χ1n) is 8.90. The van der Waals surface area contributed by atoms with Gasteiger partial charge >= 0.3 is 0 Å². The summed E-state index contributed by atoms with van der Waals surface area (Å²) in [5.41, 5.74) is 0.484. The number of aromatic nitrogens is 4. The summed E-state index contributed by atoms with van der Waals surface area (Å²) in [7, 11) is 0. The topological polar surface area (TPSA) is 73.0 Å². The van der Waals surface area contributed by atoms with E-state index in [4.69, 9.17) is 0 Å². The molecule has 0 saturated carbocycles. The Labute approximate surface area is 150 Å². The van der Waals surface area contributed by atoms with Crippen molar-refractivity contribution in [1.82, 2.24) is 24.2 Å². The van der Waals surface area contributed by atoms with Crippen molar-refractivity contribution in [3.63, 3.8) is 0 Å². The molecular weight excluding hydrogens is 330 g/mol. The molecule has 1 aliphatic heterocycles. The highest BCUT2D eigenvalue weighted by Gasteiger charge is 2.23. The number of carbonyl (C=O) groups excluding carboxylic acids is 1. The maximum atomic E-state index is 12.6. The molecule has 0 N–H and O–H groups in total. The molecule has 0 radical (unpaired) electrons. The number of fused-ring (bicyclic) bond motifs is 1. The van der Waals surface area contributed by atoms with E-state index in [1.54, 1.807) is 18.3 Å². The number of para-hydroxylation sites is 1. The first kappa shape index (κ1) is 16.5. The van der Waals surface area contributed by atoms with Crippen LogP contribution in [0.2, 0.25) is 0 Å². The Hall–Kier alpha value is -2.96. The lowest BCUT2D eigenvalue weighted by molar-refractivity contribution is -0.133. The molecule has 0 aliphatic carbocycles. The van der Waals surface area contributed by atoms with Crippen molar-refractivity contribution in [3.05, 3.63) is 59.4 Å². The minimum absolute atomic E-state index is 0.0262. The van der Waals surface area contributed by atoms with Crippen LogP contribution in [0.3, 0.4) is 0 Å². The molecule has 0 atom stereocenters. The Bertz CT molecular complexity index is 955. The molecule has 7 nitrogen and oxygen atoms in total. The SMILES string of the molecule is O=C(Cn1cnc2ccccc2c1=O)N1CCC(Cn2cccn2)CC1. The first-order valence-corrected chi connectivity index (χ1v) is 8.90. The molecule has 26 heavy (non-hydrogen) atoms. The zero-order valence-corrected chi connectivity index (χ0v) is 14.5. The highest BCUT2D eigenvalue weighted by Crippen LogP contribution is 2.19. The lowest BCUT2D eigenvalue weighted by Crippen LogP contribution is -2.42. The van der Waals surface area contributed by atoms with Crippen LogP contribution in [-0.4, -0.2) is 43.2 Å². The molecule has 3 aromatic rings. The van der Waals surface area contributed by atoms with Gasteiger partial charge in [-0.2, -0.15) is 5.10 Å². The van der Waals surface area contributed by atoms with Crippen molar-refractivity contribution < 1.29 is 4.79 Å². The Morgan fingerprint density at radius 3 is 2.73 bits per heavy atom. The van der Waals surface area contributed by atoms with Crippen LogP contribution in [0.15, 0.2) is 53.8 Å². The lowest BCUT2D eigenvalue weighted by Gasteiger charge is -2.32. The number of amides is 1. The third kappa shape index (κ3) is 3.37. The zero-order valence-electron chi connectivity index (χ0n) is 14.5. The van der Waals surface area contributed by atoms with Gasteiger partial charge in [0.15, 0.2) is 0 Å². The van der Waals surface area contributed by atoms with Gasteiger partial charge in [0.2, 0.25) is 5.91 Å². The van der Waals surface area contributed by atoms with Crippen LogP contribution in [-0.2, 0) is 17.9 Å². The first-order chi connectivity index (χ1) is 12.7. The Morgan fingerprint density at radius 2 is 1.96 bits per heavy atom. The molecule has 1 amide bonds. The van der Waals surface area contributed by atoms with Crippen molar-refractivity contribution in [2.24, 2.45) is 5.92 Å². The van der Waals surface area contributed by atoms with Crippen LogP contribution in [0.5, 0.6) is 0 Å². The Morgan fingerprint density at radius 1 is 1.15 bits per heavy atom. The van der Waals surface area contributed by atoms with Gasteiger partial charge in [-0.05, 0) is 37.0 Å². The third-order valence-electron chi connectivity index (χ3n) is 5.01. The number of hydrogen-bond acceptors (Lipinski definition) is 4. The molecule has 1 aromatic carbocycles. The summed E-state index contributed by atoms with van der Waals surface area (Å²) >= 11 is 0. The molecule has 0 bridgehead atoms. The second-order valence-corrected chi connectivity index (χ2v) is 6.75. The van der Waals surface area contributed by atoms with Gasteiger partial charge in [-0.15, -0.1) is 0 Å². The predicted molar refractivity (Wildman–Crippen MR) is 97.5 cm³/mol. The summed E-state index contributed by atoms with van der Waals surface area (Å²) in [6, 6.07) is 9.12. The largest absolute Gasteiger partial charge is 0.341 e. The van der Waals surface area contributed by atoms with Crippen molar-refractivity contribution in [3.8, 4) is 0 Å². The van der Waals surface area contributed by atoms with E-state index in [1.807, 2.05) is 34.0 Å². The molecular formula is C19H21N5O2. The van der Waals surface area contributed by atoms with E-state index in [2.05, 4.69) is 10.1 Å². The molecule has 2 aromatic heterocycles. The second-order valence-electron chi connectivity index (χ2n) is 6.75. The third-order valence-corrected chi connectivity index (χ3v) is 5.01. The minimum Gasteiger partial charge on any atom is -0.341 e. The number of piperidine rings is 1. The average molecular weight is 351 g/mol. The molecule has 3 heterocycles. The van der Waals surface area contributed by atoms with Crippen molar-refractivity contribution >= 4 is 16.8 Å². The maximum Gasteiger partial charge on any atom is 0.261 e. The fraction of sp³-hybridized carbons (Fsp3) is 0.368. The van der Waals surface area contributed by atoms with Crippen LogP contribution in [0.1, 0.15) is 12.8 Å². The van der Waals surface area contributed by atoms with Gasteiger partial charge in [-0.1, -0.05) is 12.1 Å². The molecule has 0 unspecified atom stereocenters. The summed E-state index contributed by atoms with van der Waals surface area (Å²) in [6.07, 6.45) is 7.13. The molecule has 1 aliphatic rings. The Kier molecular flexibility index (Phi) is 4.51. The van der Waals surface area contributed by atoms with Crippen molar-refractivity contribution in [2.45, 2.75) is 25.9 Å². The van der Waals surface area contributed by atoms with Gasteiger partial charge in [0.25, 0.3) is 5.56 Å². The van der Waals surface area contributed by atoms with E-state index in [-0.39, 0.29) is 18.0 Å². The van der Waals surface area contributed by atoms with E-state index >= 15 is 0 Å². The van der Waals surface area contributed by atoms with Crippen molar-refractivity contribution in [2.75, 3.05) is 13.1 Å². The van der Waals surface area contributed by atoms with E-state index in [0.29, 0.717) is 16.8 Å². The summed E-state index contributed by atoms with van der Waals surface area (Å²) in [5.74, 6) is 0.505. The van der Waals surface area contributed by atoms with E-state index in [1.165, 1.54) is 10.9 Å². The van der Waals surface area contributed by atoms with Gasteiger partial charge in [-0.25, -0.2) is 4.98 Å². The highest BCUT2D eigenvalue weighted by atomic mass is 16.2. The van der Waals surface area contributed by atoms with Gasteiger partial charge in [-0.3, -0.25) is 18.8 Å². The number of benzene rings is 1. The summed E-state index contributed by atoms with van der Waals surface area (Å²) < 4.78 is 3.35. The molecule has 1 fully saturated rings. The van der Waals surface area contributed by atoms with Crippen LogP contribution in [0.25, 0.3) is 10.9 Å². The molecule has 7 heteroatoms. The van der Waals surface area contributed by atoms with E-state index in [0.717, 1.165) is 32.5 Å². The molecule has 134 valence electrons. The smallest absolute Gasteiger partial charge is 0.261 e. The number of rotatable bonds is 4. The quantitative estimate of drug-likeness (QED) is 0.715. The van der Waals surface area contributed by atoms with Crippen LogP contribution in [0, 0.1) is 5.92 Å².